The van der Waals surface area contributed by atoms with E-state index in [-0.39, 0.29) is 11.6 Å². The lowest BCUT2D eigenvalue weighted by atomic mass is 10.2. The molecule has 4 heteroatoms. The molecular formula is C6H10O3S. The molecule has 0 aliphatic heterocycles. The minimum atomic E-state index is -1.36. The predicted octanol–water partition coefficient (Wildman–Crippen LogP) is 0.707. The Morgan fingerprint density at radius 3 is 1.70 bits per heavy atom. The second kappa shape index (κ2) is 3.63. The molecule has 0 rings (SSSR count). The van der Waals surface area contributed by atoms with Gasteiger partial charge in [0.25, 0.3) is 0 Å². The topological polar surface area (TPSA) is 54.4 Å². The Morgan fingerprint density at radius 1 is 1.40 bits per heavy atom. The van der Waals surface area contributed by atoms with Gasteiger partial charge in [0.05, 0.1) is 0 Å². The molecule has 0 amide bonds. The first-order valence-electron chi connectivity index (χ1n) is 2.69. The Kier molecular flexibility index (Phi) is 3.46. The smallest absolute Gasteiger partial charge is 0.151 e. The molecule has 0 saturated heterocycles. The molecule has 0 aromatic rings. The van der Waals surface area contributed by atoms with Crippen LogP contribution in [0.1, 0.15) is 13.8 Å². The molecule has 58 valence electrons. The van der Waals surface area contributed by atoms with Crippen LogP contribution in [0.5, 0.6) is 0 Å². The molecule has 0 heterocycles. The van der Waals surface area contributed by atoms with Crippen LogP contribution >= 0.6 is 10.8 Å². The van der Waals surface area contributed by atoms with E-state index in [2.05, 4.69) is 5.87 Å². The molecule has 0 aromatic carbocycles. The summed E-state index contributed by atoms with van der Waals surface area (Å²) in [7, 11) is -1.36. The van der Waals surface area contributed by atoms with Gasteiger partial charge in [-0.3, -0.25) is 9.59 Å². The molecule has 0 aliphatic carbocycles. The third kappa shape index (κ3) is 2.41. The number of hydrogen-bond donors (Lipinski definition) is 1. The van der Waals surface area contributed by atoms with E-state index < -0.39 is 16.0 Å². The predicted molar refractivity (Wildman–Crippen MR) is 42.5 cm³/mol. The zero-order chi connectivity index (χ0) is 8.31. The molecule has 0 bridgehead atoms. The summed E-state index contributed by atoms with van der Waals surface area (Å²) in [6, 6.07) is 0. The average Bonchev–Trinajstić information content (AvgIpc) is 1.59. The number of carbonyl (C=O) groups excluding carboxylic acids is 2. The van der Waals surface area contributed by atoms with Gasteiger partial charge in [-0.1, -0.05) is 10.8 Å². The van der Waals surface area contributed by atoms with E-state index in [4.69, 9.17) is 4.55 Å². The van der Waals surface area contributed by atoms with Gasteiger partial charge in [0.15, 0.2) is 11.6 Å². The van der Waals surface area contributed by atoms with Crippen LogP contribution in [0.15, 0.2) is 0 Å². The lowest BCUT2D eigenvalue weighted by molar-refractivity contribution is -0.123. The summed E-state index contributed by atoms with van der Waals surface area (Å²) < 4.78 is 8.83. The molecule has 0 radical (unpaired) electrons. The quantitative estimate of drug-likeness (QED) is 0.491. The van der Waals surface area contributed by atoms with Crippen molar-refractivity contribution in [1.82, 2.24) is 0 Å². The highest BCUT2D eigenvalue weighted by Crippen LogP contribution is 2.14. The number of rotatable bonds is 3. The van der Waals surface area contributed by atoms with Gasteiger partial charge in [-0.25, -0.2) is 0 Å². The van der Waals surface area contributed by atoms with Crippen LogP contribution in [-0.4, -0.2) is 27.2 Å². The van der Waals surface area contributed by atoms with E-state index in [0.717, 1.165) is 0 Å². The maximum absolute atomic E-state index is 10.6. The zero-order valence-electron chi connectivity index (χ0n) is 5.96. The molecule has 0 spiro atoms. The number of hydrogen-bond acceptors (Lipinski definition) is 3. The van der Waals surface area contributed by atoms with E-state index in [9.17, 15) is 9.59 Å². The first-order chi connectivity index (χ1) is 4.46. The van der Waals surface area contributed by atoms with Gasteiger partial charge in [-0.05, 0) is 19.7 Å². The Bertz CT molecular complexity index is 152. The summed E-state index contributed by atoms with van der Waals surface area (Å²) in [5.74, 6) is 2.57. The van der Waals surface area contributed by atoms with Crippen LogP contribution < -0.4 is 0 Å². The number of ketones is 2. The Labute approximate surface area is 62.2 Å². The van der Waals surface area contributed by atoms with Crippen LogP contribution in [0, 0.1) is 0 Å². The summed E-state index contributed by atoms with van der Waals surface area (Å²) in [5, 5.41) is -0.917. The summed E-state index contributed by atoms with van der Waals surface area (Å²) >= 11 is 0. The maximum atomic E-state index is 10.6. The van der Waals surface area contributed by atoms with E-state index in [1.807, 2.05) is 0 Å². The molecule has 10 heavy (non-hydrogen) atoms. The minimum absolute atomic E-state index is 0.326. The number of Topliss-reactive ketones (excluding diaryl/α,β-unsaturated/α-hetero) is 2. The Balaban J connectivity index is 4.43. The molecule has 1 unspecified atom stereocenters. The van der Waals surface area contributed by atoms with Crippen LogP contribution in [0.4, 0.5) is 0 Å². The van der Waals surface area contributed by atoms with Gasteiger partial charge in [0.1, 0.15) is 5.25 Å². The van der Waals surface area contributed by atoms with Crippen molar-refractivity contribution in [2.24, 2.45) is 0 Å². The molecule has 0 fully saturated rings. The second-order valence-corrected chi connectivity index (χ2v) is 3.28. The fraction of sp³-hybridized carbons (Fsp3) is 0.500. The van der Waals surface area contributed by atoms with Crippen LogP contribution in [0.2, 0.25) is 0 Å². The molecule has 1 N–H and O–H groups in total. The van der Waals surface area contributed by atoms with Crippen molar-refractivity contribution < 1.29 is 14.1 Å². The van der Waals surface area contributed by atoms with Crippen LogP contribution in [-0.2, 0) is 9.59 Å². The fourth-order valence-corrected chi connectivity index (χ4v) is 1.44. The van der Waals surface area contributed by atoms with Gasteiger partial charge >= 0.3 is 0 Å². The molecule has 0 saturated carbocycles. The van der Waals surface area contributed by atoms with Crippen molar-refractivity contribution in [2.45, 2.75) is 19.1 Å². The van der Waals surface area contributed by atoms with Crippen molar-refractivity contribution in [3.05, 3.63) is 0 Å². The fourth-order valence-electron chi connectivity index (χ4n) is 0.669. The molecule has 0 aliphatic rings. The summed E-state index contributed by atoms with van der Waals surface area (Å²) in [4.78, 5) is 21.2. The third-order valence-electron chi connectivity index (χ3n) is 1.01. The van der Waals surface area contributed by atoms with Gasteiger partial charge in [0.2, 0.25) is 0 Å². The highest BCUT2D eigenvalue weighted by Gasteiger charge is 2.20. The third-order valence-corrected chi connectivity index (χ3v) is 2.22. The lowest BCUT2D eigenvalue weighted by Crippen LogP contribution is -2.23. The summed E-state index contributed by atoms with van der Waals surface area (Å²) in [6.45, 7) is 2.54. The maximum Gasteiger partial charge on any atom is 0.151 e. The monoisotopic (exact) mass is 162 g/mol. The van der Waals surface area contributed by atoms with Crippen molar-refractivity contribution in [1.29, 1.82) is 0 Å². The largest absolute Gasteiger partial charge is 0.337 e. The molecule has 3 nitrogen and oxygen atoms in total. The molecular weight excluding hydrogens is 152 g/mol. The molecule has 0 aromatic heterocycles. The number of carbonyl (C=O) groups is 2. The van der Waals surface area contributed by atoms with Crippen LogP contribution in [0.25, 0.3) is 0 Å². The zero-order valence-corrected chi connectivity index (χ0v) is 6.77. The van der Waals surface area contributed by atoms with Gasteiger partial charge in [-0.15, -0.1) is 0 Å². The van der Waals surface area contributed by atoms with Crippen molar-refractivity contribution in [3.63, 3.8) is 0 Å². The first-order valence-corrected chi connectivity index (χ1v) is 4.11. The summed E-state index contributed by atoms with van der Waals surface area (Å²) in [6.07, 6.45) is 0. The van der Waals surface area contributed by atoms with Gasteiger partial charge < -0.3 is 4.55 Å². The SMILES string of the molecule is C=S(O)C(C(C)=O)C(C)=O. The molecule has 1 atom stereocenters. The Morgan fingerprint density at radius 2 is 1.70 bits per heavy atom. The van der Waals surface area contributed by atoms with Gasteiger partial charge in [0, 0.05) is 0 Å². The lowest BCUT2D eigenvalue weighted by Gasteiger charge is -2.07. The van der Waals surface area contributed by atoms with E-state index >= 15 is 0 Å². The van der Waals surface area contributed by atoms with Crippen molar-refractivity contribution in [3.8, 4) is 0 Å². The second-order valence-electron chi connectivity index (χ2n) is 2.00. The Hall–Kier alpha value is -0.480. The standard InChI is InChI=1S/C6H10O3S/c1-4(7)6(5(2)8)10(3)9/h6,9H,3H2,1-2H3. The summed E-state index contributed by atoms with van der Waals surface area (Å²) in [5.41, 5.74) is 0. The van der Waals surface area contributed by atoms with E-state index in [1.165, 1.54) is 13.8 Å². The van der Waals surface area contributed by atoms with E-state index in [0.29, 0.717) is 0 Å². The normalized spacial score (nSPS) is 13.2. The van der Waals surface area contributed by atoms with Gasteiger partial charge in [-0.2, -0.15) is 0 Å². The minimum Gasteiger partial charge on any atom is -0.337 e. The average molecular weight is 162 g/mol. The van der Waals surface area contributed by atoms with Crippen molar-refractivity contribution >= 4 is 28.2 Å². The van der Waals surface area contributed by atoms with Crippen LogP contribution in [0.3, 0.4) is 0 Å². The highest BCUT2D eigenvalue weighted by atomic mass is 32.2. The van der Waals surface area contributed by atoms with E-state index in [1.54, 1.807) is 0 Å². The van der Waals surface area contributed by atoms with Crippen molar-refractivity contribution in [2.75, 3.05) is 0 Å². The first kappa shape index (κ1) is 9.52. The highest BCUT2D eigenvalue weighted by molar-refractivity contribution is 8.10.